The zero-order chi connectivity index (χ0) is 77.3. The van der Waals surface area contributed by atoms with E-state index in [0.29, 0.717) is 0 Å². The number of furan rings is 4. The van der Waals surface area contributed by atoms with E-state index < -0.39 is 0 Å². The fraction of sp³-hybridized carbons (Fsp3) is 0.0952. The minimum absolute atomic E-state index is 0.928. The Morgan fingerprint density at radius 1 is 0.228 bits per heavy atom. The largest absolute Gasteiger partial charge is 0.455 e. The topological polar surface area (TPSA) is 81.0 Å². The summed E-state index contributed by atoms with van der Waals surface area (Å²) in [7, 11) is 8.44. The van der Waals surface area contributed by atoms with Crippen molar-refractivity contribution in [1.82, 2.24) is 4.98 Å². The van der Waals surface area contributed by atoms with E-state index in [1.807, 2.05) is 30.2 Å². The standard InChI is InChI=1S/2C28H22NO.C27H20NO.C22H17N2O/c1-17-12-14-22-27-21-10-5-4-8-19(21)13-15-25(27)30-28(22)26(17)24-16-18(2)20-9-6-7-11-23(20)29(24)3;1-17-7-6-10-23-20(17)14-15-24(29(23)3)26-18(2)11-13-22-27-21-9-5-4-8-19(21)12-16-25(27)30-28(22)26;1-17-11-14-21-26-20-9-5-3-7-18(20)13-16-24(26)29-27(21)25(17)23-15-12-19-8-4-6-10-22(19)28(23)2;1-14-7-9-17-21-16-6-4-3-5-15(16)8-10-19(21)25-22(17)20(14)18-11-12-23-13-24(18)2/h2*4-16H,1-3H3;3-16H,1-2H3;3-13H,1-2H3/q4*+1. The zero-order valence-corrected chi connectivity index (χ0v) is 65.3. The van der Waals surface area contributed by atoms with Crippen LogP contribution in [0.25, 0.3) is 209 Å². The van der Waals surface area contributed by atoms with Gasteiger partial charge in [0.25, 0.3) is 6.33 Å². The minimum Gasteiger partial charge on any atom is -0.455 e. The van der Waals surface area contributed by atoms with E-state index in [-0.39, 0.29) is 0 Å². The molecule has 0 aliphatic heterocycles. The summed E-state index contributed by atoms with van der Waals surface area (Å²) in [5, 5.41) is 23.1. The van der Waals surface area contributed by atoms with Crippen LogP contribution in [0.5, 0.6) is 0 Å². The van der Waals surface area contributed by atoms with Crippen LogP contribution < -0.4 is 18.3 Å². The lowest BCUT2D eigenvalue weighted by atomic mass is 9.97. The Labute approximate surface area is 658 Å². The Morgan fingerprint density at radius 3 is 0.974 bits per heavy atom. The number of pyridine rings is 3. The molecule has 546 valence electrons. The second-order valence-corrected chi connectivity index (χ2v) is 30.6. The van der Waals surface area contributed by atoms with Crippen LogP contribution in [-0.4, -0.2) is 4.98 Å². The van der Waals surface area contributed by atoms with Gasteiger partial charge in [-0.3, -0.25) is 0 Å². The Balaban J connectivity index is 0.0000000987. The fourth-order valence-corrected chi connectivity index (χ4v) is 18.1. The van der Waals surface area contributed by atoms with Gasteiger partial charge in [-0.2, -0.15) is 13.7 Å². The third-order valence-corrected chi connectivity index (χ3v) is 23.8. The van der Waals surface area contributed by atoms with Gasteiger partial charge in [0.15, 0.2) is 0 Å². The average molecular weight is 1480 g/mol. The van der Waals surface area contributed by atoms with Gasteiger partial charge in [-0.1, -0.05) is 211 Å². The molecular formula is C105H81N5O4+4. The molecule has 114 heavy (non-hydrogen) atoms. The second-order valence-electron chi connectivity index (χ2n) is 30.6. The molecule has 23 aromatic rings. The number of para-hydroxylation sites is 2. The van der Waals surface area contributed by atoms with Crippen molar-refractivity contribution in [2.24, 2.45) is 28.2 Å². The van der Waals surface area contributed by atoms with Crippen LogP contribution in [0.15, 0.2) is 327 Å². The first-order chi connectivity index (χ1) is 55.7. The molecule has 0 bridgehead atoms. The van der Waals surface area contributed by atoms with Gasteiger partial charge in [0.2, 0.25) is 33.6 Å². The van der Waals surface area contributed by atoms with Crippen molar-refractivity contribution in [2.45, 2.75) is 41.5 Å². The van der Waals surface area contributed by atoms with Crippen LogP contribution in [0.1, 0.15) is 33.4 Å². The fourth-order valence-electron chi connectivity index (χ4n) is 18.1. The number of fused-ring (bicyclic) bond motifs is 23. The number of nitrogens with zero attached hydrogens (tertiary/aromatic N) is 5. The maximum absolute atomic E-state index is 6.52. The second kappa shape index (κ2) is 27.4. The van der Waals surface area contributed by atoms with Crippen LogP contribution in [0, 0.1) is 41.5 Å². The average Bonchev–Trinajstić information content (AvgIpc) is 1.57. The molecule has 9 nitrogen and oxygen atoms in total. The smallest absolute Gasteiger partial charge is 0.286 e. The third-order valence-electron chi connectivity index (χ3n) is 23.8. The lowest BCUT2D eigenvalue weighted by Gasteiger charge is -2.09. The van der Waals surface area contributed by atoms with Crippen molar-refractivity contribution in [3.8, 4) is 45.0 Å². The number of aromatic nitrogens is 5. The van der Waals surface area contributed by atoms with Crippen molar-refractivity contribution in [1.29, 1.82) is 0 Å². The van der Waals surface area contributed by atoms with Gasteiger partial charge in [-0.25, -0.2) is 4.57 Å². The predicted molar refractivity (Wildman–Crippen MR) is 470 cm³/mol. The highest BCUT2D eigenvalue weighted by molar-refractivity contribution is 6.24. The highest BCUT2D eigenvalue weighted by Crippen LogP contribution is 2.46. The molecule has 0 N–H and O–H groups in total. The summed E-state index contributed by atoms with van der Waals surface area (Å²) in [6.45, 7) is 13.0. The lowest BCUT2D eigenvalue weighted by molar-refractivity contribution is -0.663. The molecule has 0 unspecified atom stereocenters. The quantitative estimate of drug-likeness (QED) is 0.164. The van der Waals surface area contributed by atoms with Gasteiger partial charge >= 0.3 is 0 Å². The first-order valence-electron chi connectivity index (χ1n) is 39.0. The summed E-state index contributed by atoms with van der Waals surface area (Å²) in [5.41, 5.74) is 27.9. The summed E-state index contributed by atoms with van der Waals surface area (Å²) in [6, 6.07) is 105. The van der Waals surface area contributed by atoms with Crippen LogP contribution in [0.3, 0.4) is 0 Å². The van der Waals surface area contributed by atoms with Gasteiger partial charge < -0.3 is 17.7 Å². The van der Waals surface area contributed by atoms with Crippen LogP contribution in [0.4, 0.5) is 0 Å². The molecular weight excluding hydrogens is 1400 g/mol. The molecule has 8 heterocycles. The normalized spacial score (nSPS) is 11.8. The highest BCUT2D eigenvalue weighted by atomic mass is 16.3. The molecule has 9 heteroatoms. The molecule has 0 spiro atoms. The summed E-state index contributed by atoms with van der Waals surface area (Å²) >= 11 is 0. The van der Waals surface area contributed by atoms with Gasteiger partial charge in [0.05, 0.1) is 29.3 Å². The van der Waals surface area contributed by atoms with Gasteiger partial charge in [0.1, 0.15) is 77.7 Å². The minimum atomic E-state index is 0.928. The number of rotatable bonds is 4. The lowest BCUT2D eigenvalue weighted by Crippen LogP contribution is -2.32. The van der Waals surface area contributed by atoms with E-state index >= 15 is 0 Å². The zero-order valence-electron chi connectivity index (χ0n) is 65.3. The molecule has 0 saturated heterocycles. The van der Waals surface area contributed by atoms with E-state index in [9.17, 15) is 0 Å². The molecule has 15 aromatic carbocycles. The molecule has 0 saturated carbocycles. The number of hydrogen-bond donors (Lipinski definition) is 0. The third kappa shape index (κ3) is 11.2. The van der Waals surface area contributed by atoms with E-state index in [1.54, 1.807) is 0 Å². The van der Waals surface area contributed by atoms with Crippen molar-refractivity contribution < 1.29 is 35.9 Å². The summed E-state index contributed by atoms with van der Waals surface area (Å²) in [4.78, 5) is 4.20. The molecule has 0 amide bonds. The first-order valence-corrected chi connectivity index (χ1v) is 39.0. The van der Waals surface area contributed by atoms with E-state index in [2.05, 4.69) is 373 Å². The Hall–Kier alpha value is -14.2. The maximum atomic E-state index is 6.52. The van der Waals surface area contributed by atoms with Gasteiger partial charge in [0, 0.05) is 102 Å². The molecule has 0 atom stereocenters. The monoisotopic (exact) mass is 1480 g/mol. The highest BCUT2D eigenvalue weighted by Gasteiger charge is 2.28. The summed E-state index contributed by atoms with van der Waals surface area (Å²) in [6.07, 6.45) is 3.65. The molecule has 0 fully saturated rings. The van der Waals surface area contributed by atoms with Crippen molar-refractivity contribution in [3.63, 3.8) is 0 Å². The van der Waals surface area contributed by atoms with Gasteiger partial charge in [-0.15, -0.1) is 0 Å². The molecule has 23 rings (SSSR count). The predicted octanol–water partition coefficient (Wildman–Crippen LogP) is 25.6. The Morgan fingerprint density at radius 2 is 0.544 bits per heavy atom. The maximum Gasteiger partial charge on any atom is 0.286 e. The number of hydrogen-bond acceptors (Lipinski definition) is 5. The number of aryl methyl sites for hydroxylation is 10. The van der Waals surface area contributed by atoms with E-state index in [4.69, 9.17) is 17.7 Å². The Kier molecular flexibility index (Phi) is 16.6. The molecule has 0 aliphatic rings. The molecule has 0 aliphatic carbocycles. The van der Waals surface area contributed by atoms with Crippen molar-refractivity contribution in [2.75, 3.05) is 0 Å². The first kappa shape index (κ1) is 69.1. The number of benzene rings is 15. The van der Waals surface area contributed by atoms with E-state index in [0.717, 1.165) is 72.6 Å². The van der Waals surface area contributed by atoms with Crippen LogP contribution >= 0.6 is 0 Å². The SMILES string of the molecule is Cc1ccc2c(oc3ccc4ccccc4c32)c1-c1cc(C)c2ccccc2[n+]1C.Cc1ccc2c(oc3ccc4ccccc4c32)c1-c1ccc2c(C)cccc2[n+]1C.Cc1ccc2c(oc3ccc4ccccc4c32)c1-c1ccc2ccccc2[n+]1C.Cc1ccc2c(oc3ccc4ccccc4c32)c1-c1ccnc[n+]1C. The molecule has 8 aromatic heterocycles. The van der Waals surface area contributed by atoms with Gasteiger partial charge in [-0.05, 0) is 167 Å². The van der Waals surface area contributed by atoms with Crippen molar-refractivity contribution in [3.05, 3.63) is 343 Å². The van der Waals surface area contributed by atoms with Crippen LogP contribution in [-0.2, 0) is 28.2 Å². The summed E-state index contributed by atoms with van der Waals surface area (Å²) < 4.78 is 34.7. The molecule has 0 radical (unpaired) electrons. The van der Waals surface area contributed by atoms with Crippen LogP contribution in [0.2, 0.25) is 0 Å². The Bertz CT molecular complexity index is 7930. The summed E-state index contributed by atoms with van der Waals surface area (Å²) in [5.74, 6) is 0. The van der Waals surface area contributed by atoms with Crippen molar-refractivity contribution >= 4 is 164 Å². The van der Waals surface area contributed by atoms with E-state index in [1.165, 1.54) is 169 Å².